The molecule has 0 aliphatic heterocycles. The predicted octanol–water partition coefficient (Wildman–Crippen LogP) is 9.35. The van der Waals surface area contributed by atoms with Gasteiger partial charge >= 0.3 is 0 Å². The molecule has 0 radical (unpaired) electrons. The highest BCUT2D eigenvalue weighted by atomic mass is 16.3. The van der Waals surface area contributed by atoms with E-state index in [1.165, 1.54) is 22.3 Å². The van der Waals surface area contributed by atoms with Crippen molar-refractivity contribution in [1.82, 2.24) is 0 Å². The van der Waals surface area contributed by atoms with Gasteiger partial charge in [-0.1, -0.05) is 109 Å². The highest BCUT2D eigenvalue weighted by Crippen LogP contribution is 2.42. The third kappa shape index (κ3) is 4.10. The molecule has 6 aromatic rings. The van der Waals surface area contributed by atoms with Crippen molar-refractivity contribution in [2.75, 3.05) is 4.90 Å². The summed E-state index contributed by atoms with van der Waals surface area (Å²) in [5.74, 6) is 0.285. The van der Waals surface area contributed by atoms with Gasteiger partial charge in [0.15, 0.2) is 0 Å². The van der Waals surface area contributed by atoms with E-state index in [1.807, 2.05) is 36.4 Å². The second-order valence-corrected chi connectivity index (χ2v) is 8.81. The smallest absolute Gasteiger partial charge is 0.123 e. The van der Waals surface area contributed by atoms with Crippen LogP contribution in [0.4, 0.5) is 17.1 Å². The Morgan fingerprint density at radius 2 is 0.778 bits per heavy atom. The Morgan fingerprint density at radius 1 is 0.361 bits per heavy atom. The number of hydrogen-bond acceptors (Lipinski definition) is 2. The fraction of sp³-hybridized carbons (Fsp3) is 0. The van der Waals surface area contributed by atoms with Crippen molar-refractivity contribution in [3.8, 4) is 28.0 Å². The minimum absolute atomic E-state index is 0.285. The Labute approximate surface area is 211 Å². The van der Waals surface area contributed by atoms with Crippen molar-refractivity contribution in [2.24, 2.45) is 0 Å². The molecule has 0 atom stereocenters. The normalized spacial score (nSPS) is 10.9. The first-order valence-electron chi connectivity index (χ1n) is 12.1. The van der Waals surface area contributed by atoms with Crippen molar-refractivity contribution >= 4 is 27.8 Å². The minimum Gasteiger partial charge on any atom is -0.507 e. The molecule has 2 heteroatoms. The number of benzene rings is 6. The Bertz CT molecular complexity index is 1520. The van der Waals surface area contributed by atoms with Crippen LogP contribution in [0.1, 0.15) is 0 Å². The Morgan fingerprint density at radius 3 is 1.28 bits per heavy atom. The van der Waals surface area contributed by atoms with E-state index in [2.05, 4.69) is 108 Å². The summed E-state index contributed by atoms with van der Waals surface area (Å²) in [5, 5.41) is 12.4. The summed E-state index contributed by atoms with van der Waals surface area (Å²) in [6, 6.07) is 49.9. The summed E-state index contributed by atoms with van der Waals surface area (Å²) in [6.45, 7) is 0. The first-order valence-corrected chi connectivity index (χ1v) is 12.1. The lowest BCUT2D eigenvalue weighted by atomic mass is 10.0. The Kier molecular flexibility index (Phi) is 5.69. The lowest BCUT2D eigenvalue weighted by Gasteiger charge is -2.27. The third-order valence-electron chi connectivity index (χ3n) is 6.58. The van der Waals surface area contributed by atoms with Crippen LogP contribution in [-0.2, 0) is 0 Å². The molecule has 0 unspecified atom stereocenters. The lowest BCUT2D eigenvalue weighted by Crippen LogP contribution is -2.10. The molecule has 0 saturated carbocycles. The van der Waals surface area contributed by atoms with Crippen molar-refractivity contribution in [3.63, 3.8) is 0 Å². The molecule has 0 aliphatic carbocycles. The number of nitrogens with zero attached hydrogens (tertiary/aromatic N) is 1. The average molecular weight is 464 g/mol. The number of fused-ring (bicyclic) bond motifs is 1. The minimum atomic E-state index is 0.285. The zero-order valence-electron chi connectivity index (χ0n) is 19.8. The maximum atomic E-state index is 10.5. The van der Waals surface area contributed by atoms with Crippen molar-refractivity contribution in [2.45, 2.75) is 0 Å². The van der Waals surface area contributed by atoms with E-state index in [-0.39, 0.29) is 5.75 Å². The number of aromatic hydroxyl groups is 1. The van der Waals surface area contributed by atoms with Crippen LogP contribution in [0.5, 0.6) is 5.75 Å². The molecule has 0 amide bonds. The molecule has 2 nitrogen and oxygen atoms in total. The number of phenols is 1. The van der Waals surface area contributed by atoms with E-state index in [9.17, 15) is 5.11 Å². The van der Waals surface area contributed by atoms with Crippen LogP contribution < -0.4 is 4.90 Å². The molecule has 0 aromatic heterocycles. The van der Waals surface area contributed by atoms with Gasteiger partial charge in [-0.3, -0.25) is 0 Å². The maximum Gasteiger partial charge on any atom is 0.123 e. The van der Waals surface area contributed by atoms with Crippen molar-refractivity contribution in [1.29, 1.82) is 0 Å². The second kappa shape index (κ2) is 9.44. The summed E-state index contributed by atoms with van der Waals surface area (Å²) < 4.78 is 0. The molecule has 6 aromatic carbocycles. The second-order valence-electron chi connectivity index (χ2n) is 8.81. The van der Waals surface area contributed by atoms with Gasteiger partial charge < -0.3 is 10.0 Å². The van der Waals surface area contributed by atoms with E-state index in [0.29, 0.717) is 0 Å². The average Bonchev–Trinajstić information content (AvgIpc) is 2.96. The maximum absolute atomic E-state index is 10.5. The third-order valence-corrected chi connectivity index (χ3v) is 6.58. The number of hydrogen-bond donors (Lipinski definition) is 1. The van der Waals surface area contributed by atoms with Crippen molar-refractivity contribution < 1.29 is 5.11 Å². The molecular formula is C34H25NO. The number of rotatable bonds is 5. The topological polar surface area (TPSA) is 23.5 Å². The quantitative estimate of drug-likeness (QED) is 0.275. The summed E-state index contributed by atoms with van der Waals surface area (Å²) in [7, 11) is 0. The molecule has 0 heterocycles. The highest BCUT2D eigenvalue weighted by molar-refractivity contribution is 6.01. The van der Waals surface area contributed by atoms with Gasteiger partial charge in [-0.25, -0.2) is 0 Å². The standard InChI is InChI=1S/C34H25NO/c36-34-24-23-33(31-13-7-8-14-32(31)34)35(29-19-15-27(16-20-29)25-9-3-1-4-10-25)30-21-17-28(18-22-30)26-11-5-2-6-12-26/h1-24,36H. The van der Waals surface area contributed by atoms with Crippen LogP contribution in [0.2, 0.25) is 0 Å². The molecule has 0 aliphatic rings. The molecule has 36 heavy (non-hydrogen) atoms. The summed E-state index contributed by atoms with van der Waals surface area (Å²) in [4.78, 5) is 2.26. The zero-order chi connectivity index (χ0) is 24.3. The molecule has 0 fully saturated rings. The van der Waals surface area contributed by atoms with Crippen molar-refractivity contribution in [3.05, 3.63) is 146 Å². The summed E-state index contributed by atoms with van der Waals surface area (Å²) >= 11 is 0. The van der Waals surface area contributed by atoms with Crippen LogP contribution in [0.15, 0.2) is 146 Å². The monoisotopic (exact) mass is 463 g/mol. The summed E-state index contributed by atoms with van der Waals surface area (Å²) in [6.07, 6.45) is 0. The molecule has 1 N–H and O–H groups in total. The van der Waals surface area contributed by atoms with Gasteiger partial charge in [-0.2, -0.15) is 0 Å². The molecule has 172 valence electrons. The van der Waals surface area contributed by atoms with Crippen LogP contribution >= 0.6 is 0 Å². The zero-order valence-corrected chi connectivity index (χ0v) is 19.8. The van der Waals surface area contributed by atoms with Crippen LogP contribution in [0.25, 0.3) is 33.0 Å². The van der Waals surface area contributed by atoms with Gasteiger partial charge in [0.05, 0.1) is 5.69 Å². The SMILES string of the molecule is Oc1ccc(N(c2ccc(-c3ccccc3)cc2)c2ccc(-c3ccccc3)cc2)c2ccccc12. The fourth-order valence-corrected chi connectivity index (χ4v) is 4.76. The number of anilines is 3. The van der Waals surface area contributed by atoms with Gasteiger partial charge in [0.2, 0.25) is 0 Å². The van der Waals surface area contributed by atoms with E-state index in [0.717, 1.165) is 27.8 Å². The Hall–Kier alpha value is -4.82. The first-order chi connectivity index (χ1) is 17.8. The van der Waals surface area contributed by atoms with Gasteiger partial charge in [0.25, 0.3) is 0 Å². The fourth-order valence-electron chi connectivity index (χ4n) is 4.76. The molecule has 0 spiro atoms. The van der Waals surface area contributed by atoms with Gasteiger partial charge in [-0.05, 0) is 58.7 Å². The van der Waals surface area contributed by atoms with Crippen LogP contribution in [-0.4, -0.2) is 5.11 Å². The van der Waals surface area contributed by atoms with E-state index in [1.54, 1.807) is 6.07 Å². The number of phenolic OH excluding ortho intramolecular Hbond substituents is 1. The van der Waals surface area contributed by atoms with E-state index in [4.69, 9.17) is 0 Å². The van der Waals surface area contributed by atoms with E-state index < -0.39 is 0 Å². The van der Waals surface area contributed by atoms with Crippen LogP contribution in [0, 0.1) is 0 Å². The highest BCUT2D eigenvalue weighted by Gasteiger charge is 2.17. The largest absolute Gasteiger partial charge is 0.507 e. The summed E-state index contributed by atoms with van der Waals surface area (Å²) in [5.41, 5.74) is 7.86. The van der Waals surface area contributed by atoms with Gasteiger partial charge in [-0.15, -0.1) is 0 Å². The predicted molar refractivity (Wildman–Crippen MR) is 151 cm³/mol. The first kappa shape index (κ1) is 21.7. The Balaban J connectivity index is 1.49. The lowest BCUT2D eigenvalue weighted by molar-refractivity contribution is 0.481. The van der Waals surface area contributed by atoms with E-state index >= 15 is 0 Å². The van der Waals surface area contributed by atoms with Crippen LogP contribution in [0.3, 0.4) is 0 Å². The molecule has 6 rings (SSSR count). The van der Waals surface area contributed by atoms with Gasteiger partial charge in [0.1, 0.15) is 5.75 Å². The molecule has 0 bridgehead atoms. The molecule has 0 saturated heterocycles. The van der Waals surface area contributed by atoms with Gasteiger partial charge in [0, 0.05) is 22.1 Å². The molecular weight excluding hydrogens is 438 g/mol.